The monoisotopic (exact) mass is 768 g/mol. The zero-order chi connectivity index (χ0) is 40.2. The fourth-order valence-corrected chi connectivity index (χ4v) is 5.26. The standard InChI is InChI=1S/C20H22FN5O2.C19H20FN5O3/c1-12-4-6-14(7-5-12)19(27)24-20(22-13(2)11-28-3)23-18-16-9-8-15(21)10-17(16)25-26-18;1-11(10-28-2)21-19(23-18(27)12-3-6-14(26)7-4-12)22-17-15-8-5-13(20)9-16(15)24-25-17/h4-10,13H,11H2,1-3H3,(H3,22,23,24,25,26,27);3-9,11,26H,10H2,1-2H3,(H3,21,22,23,24,25,27)/t13-;11-/m00/s1. The fourth-order valence-electron chi connectivity index (χ4n) is 5.26. The van der Waals surface area contributed by atoms with Crippen molar-refractivity contribution in [2.24, 2.45) is 9.98 Å². The number of benzene rings is 4. The third kappa shape index (κ3) is 11.2. The number of nitrogens with zero attached hydrogens (tertiary/aromatic N) is 4. The third-order valence-electron chi connectivity index (χ3n) is 7.95. The van der Waals surface area contributed by atoms with Crippen molar-refractivity contribution in [3.63, 3.8) is 0 Å². The van der Waals surface area contributed by atoms with E-state index in [9.17, 15) is 23.5 Å². The Kier molecular flexibility index (Phi) is 13.8. The second kappa shape index (κ2) is 19.0. The summed E-state index contributed by atoms with van der Waals surface area (Å²) in [6, 6.07) is 21.1. The van der Waals surface area contributed by atoms with Crippen LogP contribution in [-0.4, -0.2) is 88.8 Å². The number of halogens is 2. The zero-order valence-electron chi connectivity index (χ0n) is 31.3. The second-order valence-electron chi connectivity index (χ2n) is 12.7. The van der Waals surface area contributed by atoms with Gasteiger partial charge in [-0.2, -0.15) is 10.2 Å². The number of aromatic nitrogens is 4. The van der Waals surface area contributed by atoms with Gasteiger partial charge in [0.1, 0.15) is 17.4 Å². The van der Waals surface area contributed by atoms with Gasteiger partial charge in [0.15, 0.2) is 11.6 Å². The van der Waals surface area contributed by atoms with Crippen LogP contribution in [0.4, 0.5) is 20.4 Å². The Morgan fingerprint density at radius 3 is 1.52 bits per heavy atom. The van der Waals surface area contributed by atoms with Gasteiger partial charge in [-0.25, -0.2) is 18.8 Å². The summed E-state index contributed by atoms with van der Waals surface area (Å²) in [6.45, 7) is 6.39. The summed E-state index contributed by atoms with van der Waals surface area (Å²) >= 11 is 0. The molecule has 15 nitrogen and oxygen atoms in total. The number of anilines is 2. The number of guanidine groups is 2. The molecular weight excluding hydrogens is 726 g/mol. The molecule has 292 valence electrons. The van der Waals surface area contributed by atoms with Crippen molar-refractivity contribution in [2.75, 3.05) is 38.1 Å². The number of nitrogens with one attached hydrogen (secondary N) is 6. The molecule has 6 aromatic rings. The maximum absolute atomic E-state index is 13.4. The Morgan fingerprint density at radius 2 is 1.11 bits per heavy atom. The van der Waals surface area contributed by atoms with E-state index in [1.807, 2.05) is 32.9 Å². The predicted molar refractivity (Wildman–Crippen MR) is 211 cm³/mol. The van der Waals surface area contributed by atoms with Gasteiger partial charge in [-0.1, -0.05) is 17.7 Å². The minimum absolute atomic E-state index is 0.0625. The van der Waals surface area contributed by atoms with E-state index in [0.29, 0.717) is 57.8 Å². The fraction of sp³-hybridized carbons (Fsp3) is 0.231. The largest absolute Gasteiger partial charge is 0.508 e. The molecule has 2 aromatic heterocycles. The van der Waals surface area contributed by atoms with Gasteiger partial charge in [0.25, 0.3) is 11.8 Å². The number of hydrogen-bond acceptors (Lipinski definition) is 9. The average Bonchev–Trinajstić information content (AvgIpc) is 3.74. The molecule has 0 spiro atoms. The number of methoxy groups -OCH3 is 2. The van der Waals surface area contributed by atoms with Crippen molar-refractivity contribution in [3.8, 4) is 5.75 Å². The maximum atomic E-state index is 13.4. The van der Waals surface area contributed by atoms with Crippen LogP contribution in [-0.2, 0) is 9.47 Å². The summed E-state index contributed by atoms with van der Waals surface area (Å²) in [6.07, 6.45) is 0. The van der Waals surface area contributed by atoms with Gasteiger partial charge < -0.3 is 25.2 Å². The quantitative estimate of drug-likeness (QED) is 0.0656. The lowest BCUT2D eigenvalue weighted by Gasteiger charge is -2.13. The maximum Gasteiger partial charge on any atom is 0.257 e. The molecular formula is C39H42F2N10O5. The van der Waals surface area contributed by atoms with Crippen LogP contribution in [0.3, 0.4) is 0 Å². The molecule has 0 radical (unpaired) electrons. The first kappa shape index (κ1) is 40.5. The lowest BCUT2D eigenvalue weighted by molar-refractivity contribution is 0.0968. The van der Waals surface area contributed by atoms with E-state index in [4.69, 9.17) is 9.47 Å². The van der Waals surface area contributed by atoms with Gasteiger partial charge in [-0.3, -0.25) is 30.4 Å². The highest BCUT2D eigenvalue weighted by Gasteiger charge is 2.16. The molecule has 17 heteroatoms. The number of H-pyrrole nitrogens is 2. The predicted octanol–water partition coefficient (Wildman–Crippen LogP) is 5.88. The SMILES string of the molecule is COC[C@H](C)N=C(NC(=O)c1ccc(C)cc1)Nc1n[nH]c2cc(F)ccc12.COC[C@H](C)N=C(NC(=O)c1ccc(O)cc1)Nc1n[nH]c2cc(F)ccc12. The molecule has 0 saturated heterocycles. The number of phenols is 1. The lowest BCUT2D eigenvalue weighted by Crippen LogP contribution is -2.37. The highest BCUT2D eigenvalue weighted by atomic mass is 19.1. The molecule has 4 aromatic carbocycles. The number of hydrogen-bond donors (Lipinski definition) is 7. The first-order valence-corrected chi connectivity index (χ1v) is 17.4. The van der Waals surface area contributed by atoms with Crippen molar-refractivity contribution < 1.29 is 33.0 Å². The van der Waals surface area contributed by atoms with E-state index in [0.717, 1.165) is 5.56 Å². The number of aliphatic imine (C=N–C) groups is 2. The molecule has 7 N–H and O–H groups in total. The Hall–Kier alpha value is -6.72. The molecule has 0 aliphatic carbocycles. The molecule has 0 unspecified atom stereocenters. The van der Waals surface area contributed by atoms with E-state index < -0.39 is 5.91 Å². The Bertz CT molecular complexity index is 2160. The number of carbonyl (C=O) groups excluding carboxylic acids is 2. The van der Waals surface area contributed by atoms with Crippen molar-refractivity contribution in [3.05, 3.63) is 113 Å². The van der Waals surface area contributed by atoms with E-state index >= 15 is 0 Å². The van der Waals surface area contributed by atoms with Gasteiger partial charge >= 0.3 is 0 Å². The Labute approximate surface area is 320 Å². The third-order valence-corrected chi connectivity index (χ3v) is 7.95. The number of fused-ring (bicyclic) bond motifs is 2. The molecule has 6 rings (SSSR count). The van der Waals surface area contributed by atoms with Crippen molar-refractivity contribution in [1.82, 2.24) is 31.0 Å². The zero-order valence-corrected chi connectivity index (χ0v) is 31.3. The Morgan fingerprint density at radius 1 is 0.696 bits per heavy atom. The normalized spacial score (nSPS) is 12.8. The van der Waals surface area contributed by atoms with Crippen LogP contribution in [0.15, 0.2) is 94.9 Å². The summed E-state index contributed by atoms with van der Waals surface area (Å²) < 4.78 is 37.0. The van der Waals surface area contributed by atoms with Crippen molar-refractivity contribution >= 4 is 57.2 Å². The molecule has 2 atom stereocenters. The Balaban J connectivity index is 0.000000214. The molecule has 2 amide bonds. The summed E-state index contributed by atoms with van der Waals surface area (Å²) in [7, 11) is 3.14. The number of aromatic amines is 2. The topological polar surface area (TPSA) is 203 Å². The highest BCUT2D eigenvalue weighted by molar-refractivity contribution is 6.12. The highest BCUT2D eigenvalue weighted by Crippen LogP contribution is 2.22. The van der Waals surface area contributed by atoms with Crippen LogP contribution in [0.5, 0.6) is 5.75 Å². The van der Waals surface area contributed by atoms with Gasteiger partial charge in [0, 0.05) is 36.1 Å². The summed E-state index contributed by atoms with van der Waals surface area (Å²) in [5.41, 5.74) is 2.97. The minimum atomic E-state index is -0.415. The van der Waals surface area contributed by atoms with Crippen LogP contribution in [0.25, 0.3) is 21.8 Å². The van der Waals surface area contributed by atoms with Gasteiger partial charge in [-0.05, 0) is 93.6 Å². The molecule has 2 heterocycles. The van der Waals surface area contributed by atoms with Gasteiger partial charge in [0.05, 0.1) is 36.3 Å². The lowest BCUT2D eigenvalue weighted by atomic mass is 10.1. The summed E-state index contributed by atoms with van der Waals surface area (Å²) in [4.78, 5) is 34.0. The summed E-state index contributed by atoms with van der Waals surface area (Å²) in [5.74, 6) is -0.180. The number of aryl methyl sites for hydroxylation is 1. The number of rotatable bonds is 10. The van der Waals surface area contributed by atoms with E-state index in [-0.39, 0.29) is 47.3 Å². The number of carbonyl (C=O) groups is 2. The van der Waals surface area contributed by atoms with E-state index in [1.165, 1.54) is 48.5 Å². The number of ether oxygens (including phenoxy) is 2. The van der Waals surface area contributed by atoms with Gasteiger partial charge in [0.2, 0.25) is 11.9 Å². The minimum Gasteiger partial charge on any atom is -0.508 e. The number of amides is 2. The van der Waals surface area contributed by atoms with Crippen LogP contribution in [0.2, 0.25) is 0 Å². The van der Waals surface area contributed by atoms with E-state index in [2.05, 4.69) is 51.6 Å². The average molecular weight is 769 g/mol. The number of phenolic OH excluding ortho intramolecular Hbond substituents is 1. The first-order chi connectivity index (χ1) is 26.9. The first-order valence-electron chi connectivity index (χ1n) is 17.4. The van der Waals surface area contributed by atoms with Gasteiger partial charge in [-0.15, -0.1) is 0 Å². The number of aromatic hydroxyl groups is 1. The molecule has 0 aliphatic rings. The molecule has 0 saturated carbocycles. The smallest absolute Gasteiger partial charge is 0.257 e. The van der Waals surface area contributed by atoms with Crippen molar-refractivity contribution in [2.45, 2.75) is 32.9 Å². The summed E-state index contributed by atoms with van der Waals surface area (Å²) in [5, 5.41) is 35.9. The molecule has 0 bridgehead atoms. The van der Waals surface area contributed by atoms with Crippen LogP contribution < -0.4 is 21.3 Å². The second-order valence-corrected chi connectivity index (χ2v) is 12.7. The molecule has 0 aliphatic heterocycles. The van der Waals surface area contributed by atoms with E-state index in [1.54, 1.807) is 38.5 Å². The van der Waals surface area contributed by atoms with Crippen LogP contribution >= 0.6 is 0 Å². The molecule has 0 fully saturated rings. The van der Waals surface area contributed by atoms with Crippen LogP contribution in [0, 0.1) is 18.6 Å². The molecule has 56 heavy (non-hydrogen) atoms. The van der Waals surface area contributed by atoms with Crippen LogP contribution in [0.1, 0.15) is 40.1 Å². The van der Waals surface area contributed by atoms with Crippen molar-refractivity contribution in [1.29, 1.82) is 0 Å².